The van der Waals surface area contributed by atoms with Gasteiger partial charge in [-0.25, -0.2) is 0 Å². The lowest BCUT2D eigenvalue weighted by Crippen LogP contribution is -2.32. The average Bonchev–Trinajstić information content (AvgIpc) is 2.70. The number of rotatable bonds is 5. The van der Waals surface area contributed by atoms with Crippen molar-refractivity contribution < 1.29 is 4.42 Å². The van der Waals surface area contributed by atoms with Crippen LogP contribution >= 0.6 is 0 Å². The fourth-order valence-corrected chi connectivity index (χ4v) is 2.93. The van der Waals surface area contributed by atoms with Gasteiger partial charge in [-0.05, 0) is 38.1 Å². The zero-order valence-electron chi connectivity index (χ0n) is 12.1. The summed E-state index contributed by atoms with van der Waals surface area (Å²) in [5, 5.41) is 4.69. The smallest absolute Gasteiger partial charge is 0.134 e. The van der Waals surface area contributed by atoms with Crippen LogP contribution in [0.5, 0.6) is 0 Å². The van der Waals surface area contributed by atoms with Crippen molar-refractivity contribution in [2.24, 2.45) is 0 Å². The molecule has 0 spiro atoms. The van der Waals surface area contributed by atoms with Crippen LogP contribution in [0.3, 0.4) is 0 Å². The SMILES string of the molecule is c1ccc2oc(CNCCN3CCCCCC3)cc2c1. The summed E-state index contributed by atoms with van der Waals surface area (Å²) in [5.41, 5.74) is 0.983. The Balaban J connectivity index is 1.43. The van der Waals surface area contributed by atoms with Gasteiger partial charge in [0.15, 0.2) is 0 Å². The average molecular weight is 272 g/mol. The minimum atomic E-state index is 0.822. The summed E-state index contributed by atoms with van der Waals surface area (Å²) in [6.07, 6.45) is 5.54. The predicted octanol–water partition coefficient (Wildman–Crippen LogP) is 3.40. The molecule has 20 heavy (non-hydrogen) atoms. The van der Waals surface area contributed by atoms with E-state index in [1.54, 1.807) is 0 Å². The van der Waals surface area contributed by atoms with Crippen molar-refractivity contribution >= 4 is 11.0 Å². The molecular formula is C17H24N2O. The minimum Gasteiger partial charge on any atom is -0.460 e. The van der Waals surface area contributed by atoms with Crippen molar-refractivity contribution in [3.05, 3.63) is 36.1 Å². The Labute approximate surface area is 120 Å². The van der Waals surface area contributed by atoms with Gasteiger partial charge in [-0.15, -0.1) is 0 Å². The number of hydrogen-bond acceptors (Lipinski definition) is 3. The topological polar surface area (TPSA) is 28.4 Å². The van der Waals surface area contributed by atoms with Crippen molar-refractivity contribution in [1.29, 1.82) is 0 Å². The van der Waals surface area contributed by atoms with Crippen LogP contribution in [0, 0.1) is 0 Å². The predicted molar refractivity (Wildman–Crippen MR) is 82.8 cm³/mol. The summed E-state index contributed by atoms with van der Waals surface area (Å²) in [5.74, 6) is 1.03. The van der Waals surface area contributed by atoms with Gasteiger partial charge in [0.2, 0.25) is 0 Å². The Morgan fingerprint density at radius 3 is 2.65 bits per heavy atom. The molecule has 108 valence electrons. The first-order chi connectivity index (χ1) is 9.92. The van der Waals surface area contributed by atoms with E-state index in [0.717, 1.165) is 31.0 Å². The second-order valence-electron chi connectivity index (χ2n) is 5.68. The highest BCUT2D eigenvalue weighted by Crippen LogP contribution is 2.18. The summed E-state index contributed by atoms with van der Waals surface area (Å²) in [6.45, 7) is 5.55. The van der Waals surface area contributed by atoms with Gasteiger partial charge in [-0.1, -0.05) is 31.0 Å². The van der Waals surface area contributed by atoms with Crippen LogP contribution in [0.25, 0.3) is 11.0 Å². The molecule has 0 aliphatic carbocycles. The maximum absolute atomic E-state index is 5.80. The van der Waals surface area contributed by atoms with Crippen LogP contribution < -0.4 is 5.32 Å². The maximum atomic E-state index is 5.80. The van der Waals surface area contributed by atoms with Crippen LogP contribution in [0.2, 0.25) is 0 Å². The first kappa shape index (κ1) is 13.7. The van der Waals surface area contributed by atoms with Crippen LogP contribution in [0.1, 0.15) is 31.4 Å². The normalized spacial score (nSPS) is 17.4. The van der Waals surface area contributed by atoms with Crippen LogP contribution in [0.4, 0.5) is 0 Å². The largest absolute Gasteiger partial charge is 0.460 e. The highest BCUT2D eigenvalue weighted by Gasteiger charge is 2.08. The summed E-state index contributed by atoms with van der Waals surface area (Å²) in [6, 6.07) is 10.3. The van der Waals surface area contributed by atoms with Gasteiger partial charge in [0.1, 0.15) is 11.3 Å². The zero-order chi connectivity index (χ0) is 13.6. The third-order valence-corrected chi connectivity index (χ3v) is 4.08. The Bertz CT molecular complexity index is 494. The van der Waals surface area contributed by atoms with E-state index in [1.165, 1.54) is 44.2 Å². The second kappa shape index (κ2) is 6.91. The van der Waals surface area contributed by atoms with Gasteiger partial charge in [0, 0.05) is 18.5 Å². The van der Waals surface area contributed by atoms with Gasteiger partial charge in [-0.3, -0.25) is 0 Å². The fourth-order valence-electron chi connectivity index (χ4n) is 2.93. The molecule has 1 N–H and O–H groups in total. The lowest BCUT2D eigenvalue weighted by Gasteiger charge is -2.19. The molecule has 0 unspecified atom stereocenters. The number of benzene rings is 1. The van der Waals surface area contributed by atoms with Crippen LogP contribution in [-0.2, 0) is 6.54 Å². The highest BCUT2D eigenvalue weighted by atomic mass is 16.3. The lowest BCUT2D eigenvalue weighted by molar-refractivity contribution is 0.283. The molecule has 3 heteroatoms. The number of likely N-dealkylation sites (tertiary alicyclic amines) is 1. The molecule has 0 saturated carbocycles. The number of hydrogen-bond donors (Lipinski definition) is 1. The summed E-state index contributed by atoms with van der Waals surface area (Å²) in [4.78, 5) is 2.58. The molecule has 2 heterocycles. The molecular weight excluding hydrogens is 248 g/mol. The Morgan fingerprint density at radius 1 is 1.05 bits per heavy atom. The molecule has 3 rings (SSSR count). The molecule has 1 fully saturated rings. The summed E-state index contributed by atoms with van der Waals surface area (Å²) in [7, 11) is 0. The first-order valence-electron chi connectivity index (χ1n) is 7.82. The van der Waals surface area contributed by atoms with E-state index in [4.69, 9.17) is 4.42 Å². The van der Waals surface area contributed by atoms with Gasteiger partial charge in [0.05, 0.1) is 6.54 Å². The molecule has 0 bridgehead atoms. The number of nitrogens with zero attached hydrogens (tertiary/aromatic N) is 1. The second-order valence-corrected chi connectivity index (χ2v) is 5.68. The van der Waals surface area contributed by atoms with E-state index in [2.05, 4.69) is 22.3 Å². The number of fused-ring (bicyclic) bond motifs is 1. The van der Waals surface area contributed by atoms with Gasteiger partial charge in [0.25, 0.3) is 0 Å². The molecule has 1 aromatic heterocycles. The van der Waals surface area contributed by atoms with E-state index in [9.17, 15) is 0 Å². The fraction of sp³-hybridized carbons (Fsp3) is 0.529. The van der Waals surface area contributed by atoms with Crippen molar-refractivity contribution in [2.75, 3.05) is 26.2 Å². The molecule has 1 aromatic carbocycles. The van der Waals surface area contributed by atoms with Gasteiger partial charge in [-0.2, -0.15) is 0 Å². The third kappa shape index (κ3) is 3.62. The van der Waals surface area contributed by atoms with Crippen LogP contribution in [0.15, 0.2) is 34.7 Å². The van der Waals surface area contributed by atoms with Crippen molar-refractivity contribution in [1.82, 2.24) is 10.2 Å². The highest BCUT2D eigenvalue weighted by molar-refractivity contribution is 5.77. The van der Waals surface area contributed by atoms with Crippen molar-refractivity contribution in [3.63, 3.8) is 0 Å². The molecule has 1 aliphatic heterocycles. The standard InChI is InChI=1S/C17H24N2O/c1-2-6-11-19(10-5-1)12-9-18-14-16-13-15-7-3-4-8-17(15)20-16/h3-4,7-8,13,18H,1-2,5-6,9-12,14H2. The molecule has 1 aliphatic rings. The molecule has 0 atom stereocenters. The Morgan fingerprint density at radius 2 is 1.85 bits per heavy atom. The van der Waals surface area contributed by atoms with Gasteiger partial charge >= 0.3 is 0 Å². The van der Waals surface area contributed by atoms with Gasteiger partial charge < -0.3 is 14.6 Å². The number of para-hydroxylation sites is 1. The van der Waals surface area contributed by atoms with Crippen molar-refractivity contribution in [3.8, 4) is 0 Å². The van der Waals surface area contributed by atoms with E-state index in [-0.39, 0.29) is 0 Å². The monoisotopic (exact) mass is 272 g/mol. The Hall–Kier alpha value is -1.32. The lowest BCUT2D eigenvalue weighted by atomic mass is 10.2. The number of nitrogens with one attached hydrogen (secondary N) is 1. The minimum absolute atomic E-state index is 0.822. The maximum Gasteiger partial charge on any atom is 0.134 e. The summed E-state index contributed by atoms with van der Waals surface area (Å²) < 4.78 is 5.80. The summed E-state index contributed by atoms with van der Waals surface area (Å²) >= 11 is 0. The quantitative estimate of drug-likeness (QED) is 0.846. The van der Waals surface area contributed by atoms with E-state index >= 15 is 0 Å². The van der Waals surface area contributed by atoms with E-state index in [0.29, 0.717) is 0 Å². The molecule has 0 radical (unpaired) electrons. The van der Waals surface area contributed by atoms with E-state index < -0.39 is 0 Å². The van der Waals surface area contributed by atoms with Crippen LogP contribution in [-0.4, -0.2) is 31.1 Å². The molecule has 0 amide bonds. The molecule has 2 aromatic rings. The first-order valence-corrected chi connectivity index (χ1v) is 7.82. The van der Waals surface area contributed by atoms with E-state index in [1.807, 2.05) is 18.2 Å². The number of furan rings is 1. The Kier molecular flexibility index (Phi) is 4.72. The molecule has 1 saturated heterocycles. The molecule has 3 nitrogen and oxygen atoms in total. The van der Waals surface area contributed by atoms with Crippen molar-refractivity contribution in [2.45, 2.75) is 32.2 Å². The third-order valence-electron chi connectivity index (χ3n) is 4.08. The zero-order valence-corrected chi connectivity index (χ0v) is 12.1.